The van der Waals surface area contributed by atoms with E-state index >= 15 is 0 Å². The molecule has 27 heavy (non-hydrogen) atoms. The monoisotopic (exact) mass is 364 g/mol. The third kappa shape index (κ3) is 4.00. The molecule has 2 aliphatic rings. The summed E-state index contributed by atoms with van der Waals surface area (Å²) in [6.07, 6.45) is 6.72. The minimum absolute atomic E-state index is 0.264. The van der Waals surface area contributed by atoms with Crippen LogP contribution >= 0.6 is 0 Å². The van der Waals surface area contributed by atoms with Crippen LogP contribution in [0.2, 0.25) is 0 Å². The molecular formula is C23H28N2O2. The van der Waals surface area contributed by atoms with Gasteiger partial charge in [-0.15, -0.1) is 0 Å². The number of pyridine rings is 1. The Morgan fingerprint density at radius 3 is 2.70 bits per heavy atom. The van der Waals surface area contributed by atoms with Crippen molar-refractivity contribution in [3.8, 4) is 17.0 Å². The van der Waals surface area contributed by atoms with Crippen molar-refractivity contribution in [3.63, 3.8) is 0 Å². The molecule has 1 aliphatic carbocycles. The molecular weight excluding hydrogens is 336 g/mol. The quantitative estimate of drug-likeness (QED) is 0.793. The number of methoxy groups -OCH3 is 1. The number of aromatic nitrogens is 1. The third-order valence-electron chi connectivity index (χ3n) is 5.99. The lowest BCUT2D eigenvalue weighted by Gasteiger charge is -2.34. The van der Waals surface area contributed by atoms with Gasteiger partial charge >= 0.3 is 0 Å². The summed E-state index contributed by atoms with van der Waals surface area (Å²) in [5.74, 6) is 1.81. The van der Waals surface area contributed by atoms with E-state index in [9.17, 15) is 4.79 Å². The van der Waals surface area contributed by atoms with Crippen LogP contribution in [-0.2, 0) is 4.79 Å². The second kappa shape index (κ2) is 8.12. The molecule has 1 amide bonds. The van der Waals surface area contributed by atoms with Crippen LogP contribution in [0.1, 0.15) is 50.1 Å². The third-order valence-corrected chi connectivity index (χ3v) is 5.99. The molecule has 0 N–H and O–H groups in total. The van der Waals surface area contributed by atoms with Crippen LogP contribution in [0, 0.1) is 5.92 Å². The smallest absolute Gasteiger partial charge is 0.225 e. The highest BCUT2D eigenvalue weighted by molar-refractivity contribution is 5.79. The molecule has 4 heteroatoms. The molecule has 4 nitrogen and oxygen atoms in total. The minimum Gasteiger partial charge on any atom is -0.497 e. The highest BCUT2D eigenvalue weighted by Gasteiger charge is 2.31. The fourth-order valence-corrected chi connectivity index (χ4v) is 4.47. The standard InChI is InChI=1S/C23H28N2O2/c1-27-20-11-4-9-18(15-20)21-12-5-13-22(24-21)19-10-6-14-25(16-19)23(26)17-7-2-3-8-17/h4-5,9,11-13,15,17,19H,2-3,6-8,10,14,16H2,1H3/t19-/m1/s1. The molecule has 1 aliphatic heterocycles. The highest BCUT2D eigenvalue weighted by atomic mass is 16.5. The van der Waals surface area contributed by atoms with E-state index in [2.05, 4.69) is 23.1 Å². The van der Waals surface area contributed by atoms with Gasteiger partial charge in [-0.1, -0.05) is 31.0 Å². The van der Waals surface area contributed by atoms with Gasteiger partial charge < -0.3 is 9.64 Å². The van der Waals surface area contributed by atoms with Gasteiger partial charge in [-0.05, 0) is 49.9 Å². The van der Waals surface area contributed by atoms with Crippen molar-refractivity contribution < 1.29 is 9.53 Å². The van der Waals surface area contributed by atoms with Crippen molar-refractivity contribution in [2.45, 2.75) is 44.4 Å². The van der Waals surface area contributed by atoms with Gasteiger partial charge in [0.2, 0.25) is 5.91 Å². The maximum atomic E-state index is 12.8. The summed E-state index contributed by atoms with van der Waals surface area (Å²) in [4.78, 5) is 19.9. The Labute approximate surface area is 161 Å². The average molecular weight is 364 g/mol. The Balaban J connectivity index is 1.51. The number of carbonyl (C=O) groups is 1. The van der Waals surface area contributed by atoms with Crippen LogP contribution in [0.3, 0.4) is 0 Å². The summed E-state index contributed by atoms with van der Waals surface area (Å²) in [5, 5.41) is 0. The summed E-state index contributed by atoms with van der Waals surface area (Å²) in [6, 6.07) is 14.2. The number of rotatable bonds is 4. The molecule has 0 radical (unpaired) electrons. The zero-order chi connectivity index (χ0) is 18.6. The van der Waals surface area contributed by atoms with Crippen molar-refractivity contribution in [1.29, 1.82) is 0 Å². The van der Waals surface area contributed by atoms with Crippen LogP contribution in [-0.4, -0.2) is 36.0 Å². The van der Waals surface area contributed by atoms with E-state index in [0.717, 1.165) is 61.5 Å². The molecule has 1 saturated heterocycles. The SMILES string of the molecule is COc1cccc(-c2cccc([C@@H]3CCCN(C(=O)C4CCCC4)C3)n2)c1. The van der Waals surface area contributed by atoms with Gasteiger partial charge in [0.1, 0.15) is 5.75 Å². The van der Waals surface area contributed by atoms with Gasteiger partial charge in [-0.3, -0.25) is 9.78 Å². The molecule has 0 spiro atoms. The van der Waals surface area contributed by atoms with E-state index in [1.807, 2.05) is 24.3 Å². The second-order valence-corrected chi connectivity index (χ2v) is 7.78. The van der Waals surface area contributed by atoms with Crippen molar-refractivity contribution in [2.24, 2.45) is 5.92 Å². The lowest BCUT2D eigenvalue weighted by atomic mass is 9.92. The maximum absolute atomic E-state index is 12.8. The summed E-state index contributed by atoms with van der Waals surface area (Å²) < 4.78 is 5.34. The minimum atomic E-state index is 0.264. The van der Waals surface area contributed by atoms with Crippen LogP contribution in [0.15, 0.2) is 42.5 Å². The first-order valence-corrected chi connectivity index (χ1v) is 10.1. The lowest BCUT2D eigenvalue weighted by Crippen LogP contribution is -2.42. The molecule has 0 bridgehead atoms. The number of ether oxygens (including phenoxy) is 1. The predicted molar refractivity (Wildman–Crippen MR) is 107 cm³/mol. The fourth-order valence-electron chi connectivity index (χ4n) is 4.47. The van der Waals surface area contributed by atoms with Crippen LogP contribution in [0.5, 0.6) is 5.75 Å². The molecule has 2 heterocycles. The predicted octanol–water partition coefficient (Wildman–Crippen LogP) is 4.65. The number of nitrogens with zero attached hydrogens (tertiary/aromatic N) is 2. The van der Waals surface area contributed by atoms with E-state index < -0.39 is 0 Å². The normalized spacial score (nSPS) is 20.6. The topological polar surface area (TPSA) is 42.4 Å². The van der Waals surface area contributed by atoms with E-state index in [-0.39, 0.29) is 5.92 Å². The molecule has 142 valence electrons. The summed E-state index contributed by atoms with van der Waals surface area (Å²) in [6.45, 7) is 1.71. The van der Waals surface area contributed by atoms with E-state index in [0.29, 0.717) is 11.8 Å². The molecule has 2 fully saturated rings. The number of amides is 1. The van der Waals surface area contributed by atoms with Gasteiger partial charge in [0.15, 0.2) is 0 Å². The first-order valence-electron chi connectivity index (χ1n) is 10.1. The first kappa shape index (κ1) is 18.0. The number of hydrogen-bond donors (Lipinski definition) is 0. The van der Waals surface area contributed by atoms with Gasteiger partial charge in [0.25, 0.3) is 0 Å². The summed E-state index contributed by atoms with van der Waals surface area (Å²) >= 11 is 0. The largest absolute Gasteiger partial charge is 0.497 e. The highest BCUT2D eigenvalue weighted by Crippen LogP contribution is 2.32. The molecule has 1 aromatic carbocycles. The van der Waals surface area contributed by atoms with Gasteiger partial charge in [0, 0.05) is 36.2 Å². The van der Waals surface area contributed by atoms with Gasteiger partial charge in [-0.25, -0.2) is 0 Å². The number of hydrogen-bond acceptors (Lipinski definition) is 3. The average Bonchev–Trinajstić information content (AvgIpc) is 3.28. The number of piperidine rings is 1. The molecule has 1 saturated carbocycles. The van der Waals surface area contributed by atoms with E-state index in [1.165, 1.54) is 12.8 Å². The second-order valence-electron chi connectivity index (χ2n) is 7.78. The first-order chi connectivity index (χ1) is 13.2. The zero-order valence-corrected chi connectivity index (χ0v) is 16.1. The van der Waals surface area contributed by atoms with E-state index in [1.54, 1.807) is 7.11 Å². The van der Waals surface area contributed by atoms with Crippen molar-refractivity contribution >= 4 is 5.91 Å². The van der Waals surface area contributed by atoms with Crippen molar-refractivity contribution in [3.05, 3.63) is 48.2 Å². The van der Waals surface area contributed by atoms with Crippen LogP contribution in [0.4, 0.5) is 0 Å². The molecule has 0 unspecified atom stereocenters. The molecule has 2 aromatic rings. The number of likely N-dealkylation sites (tertiary alicyclic amines) is 1. The Kier molecular flexibility index (Phi) is 5.42. The van der Waals surface area contributed by atoms with Gasteiger partial charge in [-0.2, -0.15) is 0 Å². The lowest BCUT2D eigenvalue weighted by molar-refractivity contribution is -0.136. The maximum Gasteiger partial charge on any atom is 0.225 e. The van der Waals surface area contributed by atoms with Crippen molar-refractivity contribution in [1.82, 2.24) is 9.88 Å². The van der Waals surface area contributed by atoms with Gasteiger partial charge in [0.05, 0.1) is 12.8 Å². The van der Waals surface area contributed by atoms with Crippen molar-refractivity contribution in [2.75, 3.05) is 20.2 Å². The Morgan fingerprint density at radius 2 is 1.89 bits per heavy atom. The summed E-state index contributed by atoms with van der Waals surface area (Å²) in [5.41, 5.74) is 3.12. The number of benzene rings is 1. The van der Waals surface area contributed by atoms with Crippen LogP contribution < -0.4 is 4.74 Å². The fraction of sp³-hybridized carbons (Fsp3) is 0.478. The summed E-state index contributed by atoms with van der Waals surface area (Å²) in [7, 11) is 1.68. The Hall–Kier alpha value is -2.36. The Bertz CT molecular complexity index is 798. The molecule has 1 aromatic heterocycles. The van der Waals surface area contributed by atoms with Crippen LogP contribution in [0.25, 0.3) is 11.3 Å². The zero-order valence-electron chi connectivity index (χ0n) is 16.1. The van der Waals surface area contributed by atoms with E-state index in [4.69, 9.17) is 9.72 Å². The Morgan fingerprint density at radius 1 is 1.07 bits per heavy atom. The molecule has 1 atom stereocenters. The molecule has 4 rings (SSSR count). The number of carbonyl (C=O) groups excluding carboxylic acids is 1.